The molecule has 0 saturated heterocycles. The van der Waals surface area contributed by atoms with E-state index < -0.39 is 10.0 Å². The highest BCUT2D eigenvalue weighted by Crippen LogP contribution is 2.17. The minimum Gasteiger partial charge on any atom is -0.367 e. The smallest absolute Gasteiger partial charge is 0.213 e. The van der Waals surface area contributed by atoms with Gasteiger partial charge in [-0.1, -0.05) is 6.92 Å². The van der Waals surface area contributed by atoms with Gasteiger partial charge in [-0.05, 0) is 6.07 Å². The Kier molecular flexibility index (Phi) is 4.01. The van der Waals surface area contributed by atoms with Gasteiger partial charge in [0, 0.05) is 26.3 Å². The van der Waals surface area contributed by atoms with Crippen LogP contribution in [0.15, 0.2) is 18.6 Å². The van der Waals surface area contributed by atoms with E-state index in [1.165, 1.54) is 0 Å². The van der Waals surface area contributed by atoms with Gasteiger partial charge >= 0.3 is 0 Å². The Labute approximate surface area is 112 Å². The van der Waals surface area contributed by atoms with Crippen LogP contribution in [0.2, 0.25) is 0 Å². The summed E-state index contributed by atoms with van der Waals surface area (Å²) in [5.41, 5.74) is 1.69. The van der Waals surface area contributed by atoms with Crippen LogP contribution < -0.4 is 10.0 Å². The summed E-state index contributed by atoms with van der Waals surface area (Å²) in [4.78, 5) is 8.43. The van der Waals surface area contributed by atoms with E-state index in [0.29, 0.717) is 12.4 Å². The Bertz CT molecular complexity index is 665. The zero-order valence-corrected chi connectivity index (χ0v) is 11.7. The standard InChI is InChI=1S/C11H17N5O2S/c1-3-15-19(17,18)7-6-13-11-10-9(4-5-12-11)16(2)8-14-10/h4-5,8,15H,3,6-7H2,1-2H3,(H,12,13). The Morgan fingerprint density at radius 2 is 2.16 bits per heavy atom. The van der Waals surface area contributed by atoms with Crippen LogP contribution in [0.3, 0.4) is 0 Å². The molecule has 2 aromatic rings. The molecular formula is C11H17N5O2S. The molecule has 8 heteroatoms. The molecule has 2 N–H and O–H groups in total. The molecule has 0 aliphatic carbocycles. The van der Waals surface area contributed by atoms with Crippen molar-refractivity contribution in [3.8, 4) is 0 Å². The van der Waals surface area contributed by atoms with E-state index in [0.717, 1.165) is 11.0 Å². The number of imidazole rings is 1. The maximum absolute atomic E-state index is 11.5. The number of aryl methyl sites for hydroxylation is 1. The van der Waals surface area contributed by atoms with E-state index in [1.54, 1.807) is 19.4 Å². The predicted octanol–water partition coefficient (Wildman–Crippen LogP) is 0.319. The third-order valence-corrected chi connectivity index (χ3v) is 4.14. The number of aromatic nitrogens is 3. The SMILES string of the molecule is CCNS(=O)(=O)CCNc1nccc2c1ncn2C. The van der Waals surface area contributed by atoms with Gasteiger partial charge in [-0.25, -0.2) is 23.1 Å². The fourth-order valence-electron chi connectivity index (χ4n) is 1.79. The number of rotatable bonds is 6. The monoisotopic (exact) mass is 283 g/mol. The van der Waals surface area contributed by atoms with E-state index in [1.807, 2.05) is 17.7 Å². The molecule has 0 aliphatic rings. The second kappa shape index (κ2) is 5.54. The van der Waals surface area contributed by atoms with Crippen molar-refractivity contribution in [2.75, 3.05) is 24.2 Å². The molecule has 0 unspecified atom stereocenters. The minimum absolute atomic E-state index is 0.00570. The van der Waals surface area contributed by atoms with Crippen LogP contribution in [0.25, 0.3) is 11.0 Å². The summed E-state index contributed by atoms with van der Waals surface area (Å²) in [6.45, 7) is 2.44. The maximum atomic E-state index is 11.5. The lowest BCUT2D eigenvalue weighted by Crippen LogP contribution is -2.29. The molecule has 2 aromatic heterocycles. The van der Waals surface area contributed by atoms with Gasteiger partial charge in [0.2, 0.25) is 10.0 Å². The lowest BCUT2D eigenvalue weighted by Gasteiger charge is -2.07. The summed E-state index contributed by atoms with van der Waals surface area (Å²) < 4.78 is 27.3. The normalized spacial score (nSPS) is 11.9. The molecule has 0 fully saturated rings. The van der Waals surface area contributed by atoms with Crippen LogP contribution in [0.1, 0.15) is 6.92 Å². The van der Waals surface area contributed by atoms with E-state index in [-0.39, 0.29) is 12.3 Å². The average molecular weight is 283 g/mol. The second-order valence-electron chi connectivity index (χ2n) is 4.13. The number of hydrogen-bond donors (Lipinski definition) is 2. The van der Waals surface area contributed by atoms with Crippen molar-refractivity contribution >= 4 is 26.9 Å². The van der Waals surface area contributed by atoms with Crippen molar-refractivity contribution in [3.05, 3.63) is 18.6 Å². The Morgan fingerprint density at radius 1 is 1.37 bits per heavy atom. The first-order valence-corrected chi connectivity index (χ1v) is 7.66. The first-order chi connectivity index (χ1) is 9.03. The molecule has 0 spiro atoms. The number of pyridine rings is 1. The first-order valence-electron chi connectivity index (χ1n) is 6.00. The minimum atomic E-state index is -3.22. The molecule has 0 aliphatic heterocycles. The van der Waals surface area contributed by atoms with Gasteiger partial charge in [0.25, 0.3) is 0 Å². The number of nitrogens with one attached hydrogen (secondary N) is 2. The number of fused-ring (bicyclic) bond motifs is 1. The van der Waals surface area contributed by atoms with Crippen molar-refractivity contribution in [1.82, 2.24) is 19.3 Å². The van der Waals surface area contributed by atoms with Crippen molar-refractivity contribution in [2.24, 2.45) is 7.05 Å². The number of sulfonamides is 1. The third kappa shape index (κ3) is 3.21. The molecular weight excluding hydrogens is 266 g/mol. The molecule has 0 radical (unpaired) electrons. The quantitative estimate of drug-likeness (QED) is 0.797. The molecule has 0 atom stereocenters. The number of anilines is 1. The van der Waals surface area contributed by atoms with E-state index in [2.05, 4.69) is 20.0 Å². The number of hydrogen-bond acceptors (Lipinski definition) is 5. The largest absolute Gasteiger partial charge is 0.367 e. The molecule has 0 aromatic carbocycles. The molecule has 104 valence electrons. The Balaban J connectivity index is 2.06. The van der Waals surface area contributed by atoms with E-state index >= 15 is 0 Å². The summed E-state index contributed by atoms with van der Waals surface area (Å²) in [5, 5.41) is 3.01. The highest BCUT2D eigenvalue weighted by Gasteiger charge is 2.10. The average Bonchev–Trinajstić information content (AvgIpc) is 2.72. The molecule has 0 saturated carbocycles. The van der Waals surface area contributed by atoms with Crippen molar-refractivity contribution in [3.63, 3.8) is 0 Å². The third-order valence-electron chi connectivity index (χ3n) is 2.67. The summed E-state index contributed by atoms with van der Waals surface area (Å²) in [6, 6.07) is 1.86. The van der Waals surface area contributed by atoms with Crippen LogP contribution in [-0.2, 0) is 17.1 Å². The highest BCUT2D eigenvalue weighted by atomic mass is 32.2. The van der Waals surface area contributed by atoms with Gasteiger partial charge in [-0.15, -0.1) is 0 Å². The molecule has 0 bridgehead atoms. The van der Waals surface area contributed by atoms with Gasteiger partial charge in [-0.2, -0.15) is 0 Å². The summed E-state index contributed by atoms with van der Waals surface area (Å²) in [5.74, 6) is 0.607. The summed E-state index contributed by atoms with van der Waals surface area (Å²) in [7, 11) is -1.32. The topological polar surface area (TPSA) is 88.9 Å². The van der Waals surface area contributed by atoms with Gasteiger partial charge in [0.1, 0.15) is 5.52 Å². The fourth-order valence-corrected chi connectivity index (χ4v) is 2.74. The van der Waals surface area contributed by atoms with E-state index in [9.17, 15) is 8.42 Å². The first kappa shape index (κ1) is 13.8. The van der Waals surface area contributed by atoms with Crippen LogP contribution >= 0.6 is 0 Å². The molecule has 0 amide bonds. The molecule has 2 heterocycles. The van der Waals surface area contributed by atoms with Crippen LogP contribution in [-0.4, -0.2) is 41.8 Å². The molecule has 19 heavy (non-hydrogen) atoms. The van der Waals surface area contributed by atoms with Crippen molar-refractivity contribution in [2.45, 2.75) is 6.92 Å². The van der Waals surface area contributed by atoms with Crippen LogP contribution in [0.5, 0.6) is 0 Å². The predicted molar refractivity (Wildman–Crippen MR) is 74.5 cm³/mol. The summed E-state index contributed by atoms with van der Waals surface area (Å²) in [6.07, 6.45) is 3.37. The Hall–Kier alpha value is -1.67. The zero-order valence-electron chi connectivity index (χ0n) is 10.9. The molecule has 2 rings (SSSR count). The lowest BCUT2D eigenvalue weighted by molar-refractivity contribution is 0.584. The summed E-state index contributed by atoms with van der Waals surface area (Å²) >= 11 is 0. The lowest BCUT2D eigenvalue weighted by atomic mass is 10.4. The Morgan fingerprint density at radius 3 is 2.89 bits per heavy atom. The zero-order chi connectivity index (χ0) is 13.9. The van der Waals surface area contributed by atoms with Crippen LogP contribution in [0.4, 0.5) is 5.82 Å². The van der Waals surface area contributed by atoms with Gasteiger partial charge in [0.05, 0.1) is 17.6 Å². The fraction of sp³-hybridized carbons (Fsp3) is 0.455. The van der Waals surface area contributed by atoms with Gasteiger partial charge in [0.15, 0.2) is 5.82 Å². The highest BCUT2D eigenvalue weighted by molar-refractivity contribution is 7.89. The van der Waals surface area contributed by atoms with Crippen LogP contribution in [0, 0.1) is 0 Å². The number of nitrogens with zero attached hydrogens (tertiary/aromatic N) is 3. The van der Waals surface area contributed by atoms with Gasteiger partial charge < -0.3 is 9.88 Å². The molecule has 7 nitrogen and oxygen atoms in total. The van der Waals surface area contributed by atoms with Gasteiger partial charge in [-0.3, -0.25) is 0 Å². The second-order valence-corrected chi connectivity index (χ2v) is 6.05. The van der Waals surface area contributed by atoms with Crippen molar-refractivity contribution < 1.29 is 8.42 Å². The maximum Gasteiger partial charge on any atom is 0.213 e. The van der Waals surface area contributed by atoms with Crippen molar-refractivity contribution in [1.29, 1.82) is 0 Å². The van der Waals surface area contributed by atoms with E-state index in [4.69, 9.17) is 0 Å².